The molecule has 1 aliphatic carbocycles. The van der Waals surface area contributed by atoms with Gasteiger partial charge in [-0.2, -0.15) is 0 Å². The van der Waals surface area contributed by atoms with E-state index in [4.69, 9.17) is 0 Å². The highest BCUT2D eigenvalue weighted by molar-refractivity contribution is 5.76. The minimum atomic E-state index is -0.0897. The number of nitrogens with one attached hydrogen (secondary N) is 1. The van der Waals surface area contributed by atoms with E-state index >= 15 is 0 Å². The summed E-state index contributed by atoms with van der Waals surface area (Å²) in [6.45, 7) is 0. The van der Waals surface area contributed by atoms with E-state index in [-0.39, 0.29) is 6.03 Å². The molecule has 0 aliphatic heterocycles. The van der Waals surface area contributed by atoms with E-state index < -0.39 is 0 Å². The summed E-state index contributed by atoms with van der Waals surface area (Å²) in [7, 11) is 1.65. The van der Waals surface area contributed by atoms with Gasteiger partial charge in [0, 0.05) is 25.4 Å². The minimum Gasteiger partial charge on any atom is -0.340 e. The maximum Gasteiger partial charge on any atom is 0.326 e. The molecular formula is C11H17N3O. The van der Waals surface area contributed by atoms with Gasteiger partial charge in [-0.25, -0.2) is 9.78 Å². The standard InChI is InChI=1S/C11H17N3O/c1-12-11(15)14-8-7-13-10(14)9-5-3-2-4-6-9/h7-9H,2-6H2,1H3,(H,12,15). The Hall–Kier alpha value is -1.32. The zero-order chi connectivity index (χ0) is 10.7. The van der Waals surface area contributed by atoms with Crippen LogP contribution in [0.4, 0.5) is 4.79 Å². The Morgan fingerprint density at radius 2 is 2.20 bits per heavy atom. The van der Waals surface area contributed by atoms with E-state index in [0.717, 1.165) is 18.7 Å². The molecule has 1 fully saturated rings. The second kappa shape index (κ2) is 4.47. The van der Waals surface area contributed by atoms with Crippen molar-refractivity contribution in [1.82, 2.24) is 14.9 Å². The molecule has 0 aromatic carbocycles. The number of rotatable bonds is 1. The van der Waals surface area contributed by atoms with Gasteiger partial charge in [-0.15, -0.1) is 0 Å². The number of amides is 1. The lowest BCUT2D eigenvalue weighted by Gasteiger charge is -2.21. The summed E-state index contributed by atoms with van der Waals surface area (Å²) in [6.07, 6.45) is 9.59. The average molecular weight is 207 g/mol. The molecule has 15 heavy (non-hydrogen) atoms. The van der Waals surface area contributed by atoms with Crippen LogP contribution >= 0.6 is 0 Å². The third-order valence-electron chi connectivity index (χ3n) is 3.07. The van der Waals surface area contributed by atoms with Crippen LogP contribution in [0.2, 0.25) is 0 Å². The van der Waals surface area contributed by atoms with Crippen LogP contribution < -0.4 is 5.32 Å². The molecule has 1 aliphatic rings. The minimum absolute atomic E-state index is 0.0897. The number of imidazole rings is 1. The van der Waals surface area contributed by atoms with Crippen molar-refractivity contribution >= 4 is 6.03 Å². The lowest BCUT2D eigenvalue weighted by Crippen LogP contribution is -2.27. The summed E-state index contributed by atoms with van der Waals surface area (Å²) in [5.74, 6) is 1.39. The van der Waals surface area contributed by atoms with Crippen molar-refractivity contribution in [3.8, 4) is 0 Å². The van der Waals surface area contributed by atoms with Crippen molar-refractivity contribution in [2.75, 3.05) is 7.05 Å². The molecule has 4 heteroatoms. The van der Waals surface area contributed by atoms with Gasteiger partial charge >= 0.3 is 6.03 Å². The number of carbonyl (C=O) groups excluding carboxylic acids is 1. The third-order valence-corrected chi connectivity index (χ3v) is 3.07. The van der Waals surface area contributed by atoms with Gasteiger partial charge in [0.1, 0.15) is 5.82 Å². The van der Waals surface area contributed by atoms with E-state index in [1.54, 1.807) is 24.0 Å². The summed E-state index contributed by atoms with van der Waals surface area (Å²) < 4.78 is 1.63. The molecule has 1 aromatic heterocycles. The molecule has 1 amide bonds. The monoisotopic (exact) mass is 207 g/mol. The van der Waals surface area contributed by atoms with Gasteiger partial charge in [-0.3, -0.25) is 4.57 Å². The van der Waals surface area contributed by atoms with Gasteiger partial charge in [0.2, 0.25) is 0 Å². The van der Waals surface area contributed by atoms with E-state index in [0.29, 0.717) is 5.92 Å². The highest BCUT2D eigenvalue weighted by Gasteiger charge is 2.21. The molecule has 0 saturated heterocycles. The Morgan fingerprint density at radius 1 is 1.47 bits per heavy atom. The van der Waals surface area contributed by atoms with Gasteiger partial charge < -0.3 is 5.32 Å². The van der Waals surface area contributed by atoms with Crippen LogP contribution in [0.25, 0.3) is 0 Å². The Labute approximate surface area is 89.7 Å². The van der Waals surface area contributed by atoms with E-state index in [2.05, 4.69) is 10.3 Å². The summed E-state index contributed by atoms with van der Waals surface area (Å²) in [4.78, 5) is 15.9. The molecule has 0 bridgehead atoms. The summed E-state index contributed by atoms with van der Waals surface area (Å²) in [5.41, 5.74) is 0. The summed E-state index contributed by atoms with van der Waals surface area (Å²) >= 11 is 0. The summed E-state index contributed by atoms with van der Waals surface area (Å²) in [6, 6.07) is -0.0897. The first-order valence-corrected chi connectivity index (χ1v) is 5.58. The molecule has 0 atom stereocenters. The molecule has 82 valence electrons. The average Bonchev–Trinajstić information content (AvgIpc) is 2.78. The Kier molecular flexibility index (Phi) is 3.04. The molecule has 1 aromatic rings. The van der Waals surface area contributed by atoms with Crippen molar-refractivity contribution in [3.63, 3.8) is 0 Å². The second-order valence-electron chi connectivity index (χ2n) is 4.05. The number of nitrogens with zero attached hydrogens (tertiary/aromatic N) is 2. The highest BCUT2D eigenvalue weighted by Crippen LogP contribution is 2.31. The fraction of sp³-hybridized carbons (Fsp3) is 0.636. The van der Waals surface area contributed by atoms with Crippen molar-refractivity contribution in [2.24, 2.45) is 0 Å². The Bertz CT molecular complexity index is 339. The molecule has 1 saturated carbocycles. The molecule has 4 nitrogen and oxygen atoms in total. The van der Waals surface area contributed by atoms with Crippen molar-refractivity contribution in [3.05, 3.63) is 18.2 Å². The van der Waals surface area contributed by atoms with Gasteiger partial charge in [-0.05, 0) is 12.8 Å². The second-order valence-corrected chi connectivity index (χ2v) is 4.05. The van der Waals surface area contributed by atoms with Crippen LogP contribution in [0.15, 0.2) is 12.4 Å². The first-order chi connectivity index (χ1) is 7.33. The Morgan fingerprint density at radius 3 is 2.87 bits per heavy atom. The van der Waals surface area contributed by atoms with Gasteiger partial charge in [0.25, 0.3) is 0 Å². The number of hydrogen-bond donors (Lipinski definition) is 1. The van der Waals surface area contributed by atoms with Crippen molar-refractivity contribution in [2.45, 2.75) is 38.0 Å². The zero-order valence-electron chi connectivity index (χ0n) is 9.07. The quantitative estimate of drug-likeness (QED) is 0.766. The first kappa shape index (κ1) is 10.2. The predicted octanol–water partition coefficient (Wildman–Crippen LogP) is 2.12. The van der Waals surface area contributed by atoms with Crippen LogP contribution in [-0.4, -0.2) is 22.6 Å². The molecule has 0 unspecified atom stereocenters. The van der Waals surface area contributed by atoms with E-state index in [9.17, 15) is 4.79 Å². The van der Waals surface area contributed by atoms with E-state index in [1.807, 2.05) is 0 Å². The molecule has 1 N–H and O–H groups in total. The van der Waals surface area contributed by atoms with Crippen molar-refractivity contribution in [1.29, 1.82) is 0 Å². The van der Waals surface area contributed by atoms with Crippen LogP contribution in [0.3, 0.4) is 0 Å². The predicted molar refractivity (Wildman–Crippen MR) is 57.9 cm³/mol. The fourth-order valence-electron chi connectivity index (χ4n) is 2.27. The smallest absolute Gasteiger partial charge is 0.326 e. The third kappa shape index (κ3) is 2.03. The molecule has 0 radical (unpaired) electrons. The topological polar surface area (TPSA) is 46.9 Å². The molecule has 2 rings (SSSR count). The molecule has 0 spiro atoms. The zero-order valence-corrected chi connectivity index (χ0v) is 9.07. The fourth-order valence-corrected chi connectivity index (χ4v) is 2.27. The van der Waals surface area contributed by atoms with Gasteiger partial charge in [-0.1, -0.05) is 19.3 Å². The first-order valence-electron chi connectivity index (χ1n) is 5.58. The van der Waals surface area contributed by atoms with Crippen molar-refractivity contribution < 1.29 is 4.79 Å². The Balaban J connectivity index is 2.19. The SMILES string of the molecule is CNC(=O)n1ccnc1C1CCCCC1. The number of hydrogen-bond acceptors (Lipinski definition) is 2. The van der Waals surface area contributed by atoms with Crippen LogP contribution in [-0.2, 0) is 0 Å². The number of carbonyl (C=O) groups is 1. The van der Waals surface area contributed by atoms with Gasteiger partial charge in [0.05, 0.1) is 0 Å². The maximum atomic E-state index is 11.5. The van der Waals surface area contributed by atoms with Crippen LogP contribution in [0.5, 0.6) is 0 Å². The summed E-state index contributed by atoms with van der Waals surface area (Å²) in [5, 5.41) is 2.63. The maximum absolute atomic E-state index is 11.5. The lowest BCUT2D eigenvalue weighted by atomic mass is 9.89. The normalized spacial score (nSPS) is 17.7. The lowest BCUT2D eigenvalue weighted by molar-refractivity contribution is 0.242. The molecule has 1 heterocycles. The number of aromatic nitrogens is 2. The van der Waals surface area contributed by atoms with E-state index in [1.165, 1.54) is 19.3 Å². The van der Waals surface area contributed by atoms with Crippen LogP contribution in [0.1, 0.15) is 43.8 Å². The largest absolute Gasteiger partial charge is 0.340 e. The van der Waals surface area contributed by atoms with Crippen LogP contribution in [0, 0.1) is 0 Å². The molecular weight excluding hydrogens is 190 g/mol. The highest BCUT2D eigenvalue weighted by atomic mass is 16.2. The van der Waals surface area contributed by atoms with Gasteiger partial charge in [0.15, 0.2) is 0 Å².